The van der Waals surface area contributed by atoms with Crippen LogP contribution in [-0.2, 0) is 27.2 Å². The van der Waals surface area contributed by atoms with Gasteiger partial charge in [0, 0.05) is 52.1 Å². The van der Waals surface area contributed by atoms with E-state index in [1.807, 2.05) is 57.2 Å². The third-order valence-electron chi connectivity index (χ3n) is 6.81. The van der Waals surface area contributed by atoms with Gasteiger partial charge in [0.25, 0.3) is 0 Å². The summed E-state index contributed by atoms with van der Waals surface area (Å²) in [5, 5.41) is 0. The molecule has 0 saturated carbocycles. The van der Waals surface area contributed by atoms with Crippen molar-refractivity contribution in [2.24, 2.45) is 5.92 Å². The molecule has 2 aromatic rings. The number of hydrogen-bond acceptors (Lipinski definition) is 4. The Kier molecular flexibility index (Phi) is 7.83. The molecule has 34 heavy (non-hydrogen) atoms. The summed E-state index contributed by atoms with van der Waals surface area (Å²) < 4.78 is 5.17. The summed E-state index contributed by atoms with van der Waals surface area (Å²) >= 11 is 0. The van der Waals surface area contributed by atoms with Crippen molar-refractivity contribution in [2.75, 3.05) is 46.4 Å². The highest BCUT2D eigenvalue weighted by Gasteiger charge is 2.37. The first-order valence-electron chi connectivity index (χ1n) is 12.0. The maximum atomic E-state index is 13.0. The van der Waals surface area contributed by atoms with E-state index in [9.17, 15) is 14.4 Å². The Morgan fingerprint density at radius 1 is 0.882 bits per heavy atom. The fourth-order valence-corrected chi connectivity index (χ4v) is 4.70. The molecular weight excluding hydrogens is 430 g/mol. The van der Waals surface area contributed by atoms with Crippen LogP contribution >= 0.6 is 0 Å². The first-order valence-corrected chi connectivity index (χ1v) is 12.0. The molecule has 0 aliphatic carbocycles. The first kappa shape index (κ1) is 23.8. The van der Waals surface area contributed by atoms with Crippen molar-refractivity contribution in [2.45, 2.75) is 25.7 Å². The molecule has 0 aromatic heterocycles. The molecule has 2 aliphatic rings. The molecule has 0 N–H and O–H groups in total. The normalized spacial score (nSPS) is 18.3. The number of methoxy groups -OCH3 is 1. The fourth-order valence-electron chi connectivity index (χ4n) is 4.70. The maximum absolute atomic E-state index is 13.0. The lowest BCUT2D eigenvalue weighted by atomic mass is 10.1. The number of piperazine rings is 1. The van der Waals surface area contributed by atoms with Gasteiger partial charge in [0.15, 0.2) is 0 Å². The van der Waals surface area contributed by atoms with E-state index in [1.165, 1.54) is 5.56 Å². The largest absolute Gasteiger partial charge is 0.497 e. The summed E-state index contributed by atoms with van der Waals surface area (Å²) in [6.07, 6.45) is 2.22. The van der Waals surface area contributed by atoms with Crippen LogP contribution in [0.1, 0.15) is 24.0 Å². The SMILES string of the molecule is COc1ccc(CCC(=O)N2CCN(C(=O)C3CC(=O)N(CCc4ccccc4)C3)CC2)cc1. The molecule has 180 valence electrons. The number of rotatable bonds is 8. The molecule has 0 spiro atoms. The minimum atomic E-state index is -0.277. The monoisotopic (exact) mass is 463 g/mol. The average Bonchev–Trinajstić information content (AvgIpc) is 3.27. The molecule has 1 atom stereocenters. The standard InChI is InChI=1S/C27H33N3O4/c1-34-24-10-7-22(8-11-24)9-12-25(31)28-15-17-29(18-16-28)27(33)23-19-26(32)30(20-23)14-13-21-5-3-2-4-6-21/h2-8,10-11,23H,9,12-20H2,1H3. The van der Waals surface area contributed by atoms with Crippen LogP contribution in [0.5, 0.6) is 5.75 Å². The van der Waals surface area contributed by atoms with Gasteiger partial charge in [-0.15, -0.1) is 0 Å². The molecule has 2 fully saturated rings. The Morgan fingerprint density at radius 3 is 2.21 bits per heavy atom. The highest BCUT2D eigenvalue weighted by Crippen LogP contribution is 2.22. The lowest BCUT2D eigenvalue weighted by Gasteiger charge is -2.36. The number of nitrogens with zero attached hydrogens (tertiary/aromatic N) is 3. The number of carbonyl (C=O) groups excluding carboxylic acids is 3. The number of ether oxygens (including phenoxy) is 1. The van der Waals surface area contributed by atoms with E-state index in [0.29, 0.717) is 52.1 Å². The zero-order chi connectivity index (χ0) is 23.9. The van der Waals surface area contributed by atoms with Crippen LogP contribution in [-0.4, -0.2) is 78.8 Å². The topological polar surface area (TPSA) is 70.2 Å². The van der Waals surface area contributed by atoms with Crippen molar-refractivity contribution < 1.29 is 19.1 Å². The number of aryl methyl sites for hydroxylation is 1. The second-order valence-corrected chi connectivity index (χ2v) is 9.03. The Bertz CT molecular complexity index is 985. The van der Waals surface area contributed by atoms with E-state index in [2.05, 4.69) is 12.1 Å². The molecule has 4 rings (SSSR count). The predicted molar refractivity (Wildman–Crippen MR) is 129 cm³/mol. The molecule has 2 aromatic carbocycles. The van der Waals surface area contributed by atoms with Crippen LogP contribution in [0.25, 0.3) is 0 Å². The van der Waals surface area contributed by atoms with E-state index >= 15 is 0 Å². The first-order chi connectivity index (χ1) is 16.5. The van der Waals surface area contributed by atoms with E-state index in [4.69, 9.17) is 4.74 Å². The van der Waals surface area contributed by atoms with Crippen molar-refractivity contribution in [3.8, 4) is 5.75 Å². The second kappa shape index (κ2) is 11.2. The summed E-state index contributed by atoms with van der Waals surface area (Å²) in [5.41, 5.74) is 2.29. The van der Waals surface area contributed by atoms with Crippen LogP contribution in [0, 0.1) is 5.92 Å². The summed E-state index contributed by atoms with van der Waals surface area (Å²) in [4.78, 5) is 43.6. The van der Waals surface area contributed by atoms with E-state index in [-0.39, 0.29) is 30.1 Å². The zero-order valence-electron chi connectivity index (χ0n) is 19.8. The van der Waals surface area contributed by atoms with Gasteiger partial charge in [0.2, 0.25) is 17.7 Å². The van der Waals surface area contributed by atoms with Gasteiger partial charge in [-0.3, -0.25) is 14.4 Å². The van der Waals surface area contributed by atoms with E-state index in [0.717, 1.165) is 17.7 Å². The van der Waals surface area contributed by atoms with Gasteiger partial charge in [-0.2, -0.15) is 0 Å². The minimum absolute atomic E-state index is 0.0425. The number of hydrogen-bond donors (Lipinski definition) is 0. The Hall–Kier alpha value is -3.35. The van der Waals surface area contributed by atoms with Crippen LogP contribution in [0.4, 0.5) is 0 Å². The highest BCUT2D eigenvalue weighted by molar-refractivity contribution is 5.89. The molecule has 1 unspecified atom stereocenters. The number of likely N-dealkylation sites (tertiary alicyclic amines) is 1. The molecule has 7 nitrogen and oxygen atoms in total. The molecule has 3 amide bonds. The van der Waals surface area contributed by atoms with Crippen molar-refractivity contribution in [3.05, 3.63) is 65.7 Å². The van der Waals surface area contributed by atoms with Gasteiger partial charge in [-0.1, -0.05) is 42.5 Å². The lowest BCUT2D eigenvalue weighted by molar-refractivity contribution is -0.142. The van der Waals surface area contributed by atoms with Gasteiger partial charge >= 0.3 is 0 Å². The second-order valence-electron chi connectivity index (χ2n) is 9.03. The van der Waals surface area contributed by atoms with E-state index < -0.39 is 0 Å². The Labute approximate surface area is 201 Å². The molecular formula is C27H33N3O4. The van der Waals surface area contributed by atoms with Crippen LogP contribution < -0.4 is 4.74 Å². The third-order valence-corrected chi connectivity index (χ3v) is 6.81. The van der Waals surface area contributed by atoms with Gasteiger partial charge in [-0.25, -0.2) is 0 Å². The Morgan fingerprint density at radius 2 is 1.53 bits per heavy atom. The molecule has 2 aliphatic heterocycles. The molecule has 7 heteroatoms. The summed E-state index contributed by atoms with van der Waals surface area (Å²) in [6, 6.07) is 17.9. The maximum Gasteiger partial charge on any atom is 0.228 e. The van der Waals surface area contributed by atoms with Gasteiger partial charge in [0.05, 0.1) is 13.0 Å². The quantitative estimate of drug-likeness (QED) is 0.603. The van der Waals surface area contributed by atoms with Crippen molar-refractivity contribution in [3.63, 3.8) is 0 Å². The van der Waals surface area contributed by atoms with Gasteiger partial charge < -0.3 is 19.4 Å². The van der Waals surface area contributed by atoms with E-state index in [1.54, 1.807) is 7.11 Å². The summed E-state index contributed by atoms with van der Waals surface area (Å²) in [5.74, 6) is 0.744. The highest BCUT2D eigenvalue weighted by atomic mass is 16.5. The van der Waals surface area contributed by atoms with Crippen molar-refractivity contribution >= 4 is 17.7 Å². The number of carbonyl (C=O) groups is 3. The summed E-state index contributed by atoms with van der Waals surface area (Å²) in [7, 11) is 1.63. The molecule has 0 bridgehead atoms. The number of benzene rings is 2. The smallest absolute Gasteiger partial charge is 0.228 e. The minimum Gasteiger partial charge on any atom is -0.497 e. The molecule has 2 saturated heterocycles. The van der Waals surface area contributed by atoms with Crippen LogP contribution in [0.15, 0.2) is 54.6 Å². The van der Waals surface area contributed by atoms with Crippen LogP contribution in [0.2, 0.25) is 0 Å². The molecule has 0 radical (unpaired) electrons. The van der Waals surface area contributed by atoms with Gasteiger partial charge in [-0.05, 0) is 36.1 Å². The van der Waals surface area contributed by atoms with Gasteiger partial charge in [0.1, 0.15) is 5.75 Å². The fraction of sp³-hybridized carbons (Fsp3) is 0.444. The van der Waals surface area contributed by atoms with Crippen molar-refractivity contribution in [1.29, 1.82) is 0 Å². The summed E-state index contributed by atoms with van der Waals surface area (Å²) in [6.45, 7) is 3.29. The Balaban J connectivity index is 1.20. The predicted octanol–water partition coefficient (Wildman–Crippen LogP) is 2.39. The average molecular weight is 464 g/mol. The third kappa shape index (κ3) is 5.95. The lowest BCUT2D eigenvalue weighted by Crippen LogP contribution is -2.52. The van der Waals surface area contributed by atoms with Crippen LogP contribution in [0.3, 0.4) is 0 Å². The zero-order valence-corrected chi connectivity index (χ0v) is 19.8. The molecule has 2 heterocycles. The van der Waals surface area contributed by atoms with Crippen molar-refractivity contribution in [1.82, 2.24) is 14.7 Å². The number of amides is 3.